The van der Waals surface area contributed by atoms with E-state index in [-0.39, 0.29) is 16.9 Å². The van der Waals surface area contributed by atoms with Gasteiger partial charge in [0.15, 0.2) is 0 Å². The third-order valence-corrected chi connectivity index (χ3v) is 7.56. The second-order valence-corrected chi connectivity index (χ2v) is 10.3. The van der Waals surface area contributed by atoms with Gasteiger partial charge in [-0.3, -0.25) is 4.79 Å². The first kappa shape index (κ1) is 23.0. The number of carbonyl (C=O) groups excluding carboxylic acids is 1. The molecule has 1 aromatic carbocycles. The number of rotatable bonds is 9. The van der Waals surface area contributed by atoms with Crippen LogP contribution in [0.3, 0.4) is 0 Å². The molecule has 0 aliphatic carbocycles. The number of hydrogen-bond acceptors (Lipinski definition) is 5. The van der Waals surface area contributed by atoms with Crippen LogP contribution >= 0.6 is 0 Å². The van der Waals surface area contributed by atoms with Crippen molar-refractivity contribution in [3.8, 4) is 0 Å². The van der Waals surface area contributed by atoms with Crippen LogP contribution in [0, 0.1) is 0 Å². The second kappa shape index (κ2) is 10.6. The van der Waals surface area contributed by atoms with E-state index in [1.807, 2.05) is 13.8 Å². The predicted molar refractivity (Wildman–Crippen MR) is 119 cm³/mol. The van der Waals surface area contributed by atoms with Crippen molar-refractivity contribution in [1.82, 2.24) is 9.62 Å². The molecule has 168 valence electrons. The summed E-state index contributed by atoms with van der Waals surface area (Å²) in [5.74, 6) is -0.225. The topological polar surface area (TPSA) is 78.9 Å². The van der Waals surface area contributed by atoms with E-state index >= 15 is 0 Å². The molecule has 1 aromatic rings. The van der Waals surface area contributed by atoms with Gasteiger partial charge in [-0.1, -0.05) is 6.42 Å². The van der Waals surface area contributed by atoms with Crippen molar-refractivity contribution in [2.75, 3.05) is 44.2 Å². The summed E-state index contributed by atoms with van der Waals surface area (Å²) in [5.41, 5.74) is 1.26. The molecule has 7 nitrogen and oxygen atoms in total. The van der Waals surface area contributed by atoms with E-state index in [1.54, 1.807) is 22.5 Å². The standard InChI is InChI=1S/C22H35N3O4S/c1-18(2)29-16-8-11-23-22(26)20-17-19(9-10-21(20)24-12-6-7-13-24)30(27,28)25-14-4-3-5-15-25/h9-10,17-18H,3-8,11-16H2,1-2H3,(H,23,26). The van der Waals surface area contributed by atoms with Crippen molar-refractivity contribution in [3.63, 3.8) is 0 Å². The summed E-state index contributed by atoms with van der Waals surface area (Å²) in [7, 11) is -3.58. The zero-order valence-corrected chi connectivity index (χ0v) is 19.0. The van der Waals surface area contributed by atoms with Crippen LogP contribution in [0.1, 0.15) is 62.7 Å². The minimum absolute atomic E-state index is 0.166. The van der Waals surface area contributed by atoms with Crippen LogP contribution < -0.4 is 10.2 Å². The average Bonchev–Trinajstić information content (AvgIpc) is 3.28. The van der Waals surface area contributed by atoms with Crippen LogP contribution in [0.5, 0.6) is 0 Å². The van der Waals surface area contributed by atoms with E-state index in [0.29, 0.717) is 38.2 Å². The molecule has 30 heavy (non-hydrogen) atoms. The summed E-state index contributed by atoms with van der Waals surface area (Å²) < 4.78 is 33.3. The van der Waals surface area contributed by atoms with Crippen molar-refractivity contribution in [3.05, 3.63) is 23.8 Å². The second-order valence-electron chi connectivity index (χ2n) is 8.37. The van der Waals surface area contributed by atoms with Crippen molar-refractivity contribution in [2.45, 2.75) is 63.4 Å². The molecule has 0 unspecified atom stereocenters. The molecule has 0 atom stereocenters. The first-order valence-electron chi connectivity index (χ1n) is 11.2. The molecule has 0 bridgehead atoms. The van der Waals surface area contributed by atoms with Crippen molar-refractivity contribution in [1.29, 1.82) is 0 Å². The summed E-state index contributed by atoms with van der Waals surface area (Å²) in [5, 5.41) is 2.94. The van der Waals surface area contributed by atoms with Gasteiger partial charge < -0.3 is 15.0 Å². The molecule has 8 heteroatoms. The molecule has 2 saturated heterocycles. The third kappa shape index (κ3) is 5.74. The highest BCUT2D eigenvalue weighted by atomic mass is 32.2. The molecule has 2 aliphatic rings. The number of ether oxygens (including phenoxy) is 1. The largest absolute Gasteiger partial charge is 0.379 e. The highest BCUT2D eigenvalue weighted by Crippen LogP contribution is 2.29. The number of nitrogens with zero attached hydrogens (tertiary/aromatic N) is 2. The first-order chi connectivity index (χ1) is 14.4. The van der Waals surface area contributed by atoms with E-state index in [9.17, 15) is 13.2 Å². The Labute approximate surface area is 180 Å². The van der Waals surface area contributed by atoms with Gasteiger partial charge in [0.05, 0.1) is 16.6 Å². The lowest BCUT2D eigenvalue weighted by molar-refractivity contribution is 0.0757. The quantitative estimate of drug-likeness (QED) is 0.601. The van der Waals surface area contributed by atoms with Crippen molar-refractivity contribution < 1.29 is 17.9 Å². The van der Waals surface area contributed by atoms with Crippen LogP contribution in [-0.2, 0) is 14.8 Å². The lowest BCUT2D eigenvalue weighted by atomic mass is 10.1. The van der Waals surface area contributed by atoms with E-state index in [4.69, 9.17) is 4.74 Å². The van der Waals surface area contributed by atoms with E-state index in [2.05, 4.69) is 10.2 Å². The fourth-order valence-corrected chi connectivity index (χ4v) is 5.58. The van der Waals surface area contributed by atoms with Crippen LogP contribution in [0.15, 0.2) is 23.1 Å². The van der Waals surface area contributed by atoms with Crippen LogP contribution in [0.2, 0.25) is 0 Å². The SMILES string of the molecule is CC(C)OCCCNC(=O)c1cc(S(=O)(=O)N2CCCCC2)ccc1N1CCCC1. The Morgan fingerprint density at radius 2 is 1.73 bits per heavy atom. The summed E-state index contributed by atoms with van der Waals surface area (Å²) >= 11 is 0. The average molecular weight is 438 g/mol. The monoisotopic (exact) mass is 437 g/mol. The number of carbonyl (C=O) groups is 1. The summed E-state index contributed by atoms with van der Waals surface area (Å²) in [6.45, 7) is 7.92. The highest BCUT2D eigenvalue weighted by Gasteiger charge is 2.28. The molecule has 0 aromatic heterocycles. The number of hydrogen-bond donors (Lipinski definition) is 1. The predicted octanol–water partition coefficient (Wildman–Crippen LogP) is 3.01. The van der Waals surface area contributed by atoms with Crippen molar-refractivity contribution >= 4 is 21.6 Å². The Bertz CT molecular complexity index is 814. The van der Waals surface area contributed by atoms with E-state index < -0.39 is 10.0 Å². The van der Waals surface area contributed by atoms with Crippen molar-refractivity contribution in [2.24, 2.45) is 0 Å². The molecular weight excluding hydrogens is 402 g/mol. The Balaban J connectivity index is 1.79. The first-order valence-corrected chi connectivity index (χ1v) is 12.6. The Morgan fingerprint density at radius 3 is 2.40 bits per heavy atom. The maximum absolute atomic E-state index is 13.1. The fraction of sp³-hybridized carbons (Fsp3) is 0.682. The van der Waals surface area contributed by atoms with Crippen LogP contribution in [0.4, 0.5) is 5.69 Å². The van der Waals surface area contributed by atoms with Gasteiger partial charge >= 0.3 is 0 Å². The van der Waals surface area contributed by atoms with Gasteiger partial charge in [0, 0.05) is 45.0 Å². The number of benzene rings is 1. The van der Waals surface area contributed by atoms with Crippen LogP contribution in [-0.4, -0.2) is 64.1 Å². The van der Waals surface area contributed by atoms with Gasteiger partial charge in [0.25, 0.3) is 5.91 Å². The lowest BCUT2D eigenvalue weighted by Gasteiger charge is -2.27. The molecule has 2 fully saturated rings. The zero-order chi connectivity index (χ0) is 21.6. The van der Waals surface area contributed by atoms with Gasteiger partial charge in [-0.2, -0.15) is 4.31 Å². The van der Waals surface area contributed by atoms with Gasteiger partial charge in [-0.05, 0) is 64.2 Å². The molecule has 2 heterocycles. The number of sulfonamides is 1. The zero-order valence-electron chi connectivity index (χ0n) is 18.2. The maximum atomic E-state index is 13.1. The number of anilines is 1. The molecule has 0 radical (unpaired) electrons. The lowest BCUT2D eigenvalue weighted by Crippen LogP contribution is -2.36. The highest BCUT2D eigenvalue weighted by molar-refractivity contribution is 7.89. The molecule has 3 rings (SSSR count). The number of piperidine rings is 1. The molecule has 0 spiro atoms. The Hall–Kier alpha value is -1.64. The molecule has 0 saturated carbocycles. The molecule has 2 aliphatic heterocycles. The van der Waals surface area contributed by atoms with Gasteiger partial charge in [0.2, 0.25) is 10.0 Å². The minimum Gasteiger partial charge on any atom is -0.379 e. The van der Waals surface area contributed by atoms with Crippen LogP contribution in [0.25, 0.3) is 0 Å². The Kier molecular flexibility index (Phi) is 8.13. The summed E-state index contributed by atoms with van der Waals surface area (Å²) in [4.78, 5) is 15.4. The molecule has 1 amide bonds. The normalized spacial score (nSPS) is 18.2. The summed E-state index contributed by atoms with van der Waals surface area (Å²) in [6, 6.07) is 5.03. The van der Waals surface area contributed by atoms with Gasteiger partial charge in [-0.15, -0.1) is 0 Å². The van der Waals surface area contributed by atoms with Gasteiger partial charge in [-0.25, -0.2) is 8.42 Å². The van der Waals surface area contributed by atoms with Gasteiger partial charge in [0.1, 0.15) is 0 Å². The smallest absolute Gasteiger partial charge is 0.253 e. The number of amides is 1. The molecule has 1 N–H and O–H groups in total. The maximum Gasteiger partial charge on any atom is 0.253 e. The number of nitrogens with one attached hydrogen (secondary N) is 1. The fourth-order valence-electron chi connectivity index (χ4n) is 4.03. The molecular formula is C22H35N3O4S. The van der Waals surface area contributed by atoms with E-state index in [1.165, 1.54) is 0 Å². The summed E-state index contributed by atoms with van der Waals surface area (Å²) in [6.07, 6.45) is 5.89. The minimum atomic E-state index is -3.58. The Morgan fingerprint density at radius 1 is 1.07 bits per heavy atom. The van der Waals surface area contributed by atoms with E-state index in [0.717, 1.165) is 50.9 Å². The third-order valence-electron chi connectivity index (χ3n) is 5.67.